The van der Waals surface area contributed by atoms with Crippen LogP contribution in [0.2, 0.25) is 0 Å². The van der Waals surface area contributed by atoms with Gasteiger partial charge in [-0.3, -0.25) is 14.4 Å². The van der Waals surface area contributed by atoms with Crippen molar-refractivity contribution in [3.05, 3.63) is 77.9 Å². The molecule has 8 heteroatoms. The minimum atomic E-state index is -1.20. The first-order valence-corrected chi connectivity index (χ1v) is 13.6. The second-order valence-electron chi connectivity index (χ2n) is 10.7. The van der Waals surface area contributed by atoms with E-state index >= 15 is 0 Å². The molecule has 2 unspecified atom stereocenters. The molecule has 6 atom stereocenters. The number of hydrogen-bond acceptors (Lipinski definition) is 6. The third kappa shape index (κ3) is 4.26. The summed E-state index contributed by atoms with van der Waals surface area (Å²) < 4.78 is 11.9. The molecule has 5 rings (SSSR count). The monoisotopic (exact) mass is 532 g/mol. The Morgan fingerprint density at radius 1 is 1.26 bits per heavy atom. The van der Waals surface area contributed by atoms with E-state index in [-0.39, 0.29) is 31.6 Å². The highest BCUT2D eigenvalue weighted by atomic mass is 16.6. The molecular weight excluding hydrogens is 496 g/mol. The van der Waals surface area contributed by atoms with Crippen LogP contribution in [0.1, 0.15) is 42.5 Å². The van der Waals surface area contributed by atoms with Gasteiger partial charge in [0.2, 0.25) is 5.91 Å². The molecule has 0 aromatic heterocycles. The van der Waals surface area contributed by atoms with Gasteiger partial charge in [-0.15, -0.1) is 6.58 Å². The van der Waals surface area contributed by atoms with Gasteiger partial charge in [-0.25, -0.2) is 0 Å². The first kappa shape index (κ1) is 27.1. The summed E-state index contributed by atoms with van der Waals surface area (Å²) in [5.74, 6) is -2.83. The summed E-state index contributed by atoms with van der Waals surface area (Å²) in [6, 6.07) is 13.2. The van der Waals surface area contributed by atoms with Crippen LogP contribution in [0.15, 0.2) is 61.2 Å². The molecule has 2 aromatic carbocycles. The van der Waals surface area contributed by atoms with Gasteiger partial charge >= 0.3 is 5.97 Å². The summed E-state index contributed by atoms with van der Waals surface area (Å²) in [6.07, 6.45) is 2.17. The third-order valence-corrected chi connectivity index (χ3v) is 8.46. The Balaban J connectivity index is 1.66. The van der Waals surface area contributed by atoms with Gasteiger partial charge in [-0.05, 0) is 56.4 Å². The number of carbonyl (C=O) groups excluding carboxylic acids is 3. The van der Waals surface area contributed by atoms with Crippen LogP contribution in [0.4, 0.5) is 5.69 Å². The summed E-state index contributed by atoms with van der Waals surface area (Å²) >= 11 is 0. The van der Waals surface area contributed by atoms with Crippen LogP contribution in [0.3, 0.4) is 0 Å². The zero-order valence-corrected chi connectivity index (χ0v) is 22.7. The zero-order valence-electron chi connectivity index (χ0n) is 22.7. The number of amides is 2. The molecule has 0 aliphatic carbocycles. The number of fused-ring (bicyclic) bond motifs is 1. The molecule has 1 spiro atoms. The average molecular weight is 533 g/mol. The van der Waals surface area contributed by atoms with E-state index in [0.717, 1.165) is 16.8 Å². The summed E-state index contributed by atoms with van der Waals surface area (Å²) in [5, 5.41) is 10.6. The van der Waals surface area contributed by atoms with E-state index in [1.807, 2.05) is 62.4 Å². The maximum Gasteiger partial charge on any atom is 0.312 e. The Labute approximate surface area is 229 Å². The maximum atomic E-state index is 14.7. The second kappa shape index (κ2) is 10.6. The third-order valence-electron chi connectivity index (χ3n) is 8.46. The van der Waals surface area contributed by atoms with E-state index in [9.17, 15) is 19.5 Å². The first-order valence-electron chi connectivity index (χ1n) is 13.6. The minimum absolute atomic E-state index is 0.186. The van der Waals surface area contributed by atoms with Gasteiger partial charge in [0, 0.05) is 12.2 Å². The fourth-order valence-electron chi connectivity index (χ4n) is 6.84. The standard InChI is InChI=1S/C31H36N2O6/c1-5-16-32(22-17-19(3)12-13-20(22)4)29(36)27-31-15-14-24(39-31)25(30(37)38-6-2)26(31)28(35)33(27)23(18-34)21-10-8-7-9-11-21/h5,7-13,17,23-27,34H,1,6,14-16,18H2,2-4H3/t23-,24+,25-,26+,27?,31?/m1/s1. The van der Waals surface area contributed by atoms with Crippen LogP contribution in [-0.4, -0.2) is 65.3 Å². The number of anilines is 1. The first-order chi connectivity index (χ1) is 18.8. The summed E-state index contributed by atoms with van der Waals surface area (Å²) in [4.78, 5) is 45.3. The number of likely N-dealkylation sites (tertiary alicyclic amines) is 1. The topological polar surface area (TPSA) is 96.4 Å². The van der Waals surface area contributed by atoms with E-state index in [4.69, 9.17) is 9.47 Å². The molecule has 2 bridgehead atoms. The highest BCUT2D eigenvalue weighted by Gasteiger charge is 2.75. The Morgan fingerprint density at radius 3 is 2.67 bits per heavy atom. The molecule has 39 heavy (non-hydrogen) atoms. The SMILES string of the molecule is C=CCN(C(=O)C1N([C@H](CO)c2ccccc2)C(=O)[C@@H]2[C@H](C(=O)OCC)[C@@H]3CCC12O3)c1cc(C)ccc1C. The van der Waals surface area contributed by atoms with Crippen LogP contribution in [0.25, 0.3) is 0 Å². The Hall–Kier alpha value is -3.49. The Bertz CT molecular complexity index is 1280. The molecule has 1 N–H and O–H groups in total. The summed E-state index contributed by atoms with van der Waals surface area (Å²) in [7, 11) is 0. The molecule has 3 aliphatic heterocycles. The largest absolute Gasteiger partial charge is 0.466 e. The maximum absolute atomic E-state index is 14.7. The molecule has 0 radical (unpaired) electrons. The van der Waals surface area contributed by atoms with E-state index in [2.05, 4.69) is 6.58 Å². The van der Waals surface area contributed by atoms with Crippen LogP contribution in [0.5, 0.6) is 0 Å². The van der Waals surface area contributed by atoms with Crippen LogP contribution in [0, 0.1) is 25.7 Å². The fraction of sp³-hybridized carbons (Fsp3) is 0.452. The van der Waals surface area contributed by atoms with Gasteiger partial charge in [-0.2, -0.15) is 0 Å². The normalized spacial score (nSPS) is 27.8. The van der Waals surface area contributed by atoms with E-state index in [0.29, 0.717) is 18.4 Å². The van der Waals surface area contributed by atoms with Gasteiger partial charge in [0.05, 0.1) is 37.2 Å². The number of rotatable bonds is 9. The quantitative estimate of drug-likeness (QED) is 0.392. The lowest BCUT2D eigenvalue weighted by molar-refractivity contribution is -0.155. The predicted octanol–water partition coefficient (Wildman–Crippen LogP) is 3.49. The predicted molar refractivity (Wildman–Crippen MR) is 146 cm³/mol. The number of aryl methyl sites for hydroxylation is 2. The lowest BCUT2D eigenvalue weighted by Gasteiger charge is -2.39. The van der Waals surface area contributed by atoms with Gasteiger partial charge in [0.1, 0.15) is 11.6 Å². The summed E-state index contributed by atoms with van der Waals surface area (Å²) in [5.41, 5.74) is 2.12. The molecule has 3 aliphatic rings. The average Bonchev–Trinajstić information content (AvgIpc) is 3.57. The molecule has 0 saturated carbocycles. The number of ether oxygens (including phenoxy) is 2. The number of esters is 1. The van der Waals surface area contributed by atoms with Crippen molar-refractivity contribution in [2.45, 2.75) is 57.4 Å². The van der Waals surface area contributed by atoms with Crippen molar-refractivity contribution in [1.29, 1.82) is 0 Å². The number of hydrogen-bond donors (Lipinski definition) is 1. The number of benzene rings is 2. The molecule has 3 saturated heterocycles. The molecule has 3 fully saturated rings. The molecule has 3 heterocycles. The minimum Gasteiger partial charge on any atom is -0.466 e. The highest BCUT2D eigenvalue weighted by Crippen LogP contribution is 2.60. The lowest BCUT2D eigenvalue weighted by Crippen LogP contribution is -2.57. The van der Waals surface area contributed by atoms with Crippen molar-refractivity contribution in [2.75, 3.05) is 24.7 Å². The highest BCUT2D eigenvalue weighted by molar-refractivity contribution is 6.05. The van der Waals surface area contributed by atoms with E-state index < -0.39 is 41.6 Å². The number of carbonyl (C=O) groups is 3. The Morgan fingerprint density at radius 2 is 2.00 bits per heavy atom. The number of aliphatic hydroxyl groups excluding tert-OH is 1. The van der Waals surface area contributed by atoms with Gasteiger partial charge < -0.3 is 24.4 Å². The van der Waals surface area contributed by atoms with Crippen LogP contribution >= 0.6 is 0 Å². The van der Waals surface area contributed by atoms with E-state index in [1.165, 1.54) is 4.90 Å². The van der Waals surface area contributed by atoms with Gasteiger partial charge in [0.25, 0.3) is 5.91 Å². The zero-order chi connectivity index (χ0) is 27.9. The fourth-order valence-corrected chi connectivity index (χ4v) is 6.84. The number of aliphatic hydroxyl groups is 1. The molecule has 2 amide bonds. The van der Waals surface area contributed by atoms with Crippen molar-refractivity contribution < 1.29 is 29.0 Å². The smallest absolute Gasteiger partial charge is 0.312 e. The molecule has 8 nitrogen and oxygen atoms in total. The van der Waals surface area contributed by atoms with Gasteiger partial charge in [-0.1, -0.05) is 48.5 Å². The molecule has 206 valence electrons. The summed E-state index contributed by atoms with van der Waals surface area (Å²) in [6.45, 7) is 9.53. The van der Waals surface area contributed by atoms with Crippen LogP contribution in [-0.2, 0) is 23.9 Å². The molecule has 2 aromatic rings. The number of nitrogens with zero attached hydrogens (tertiary/aromatic N) is 2. The van der Waals surface area contributed by atoms with Crippen molar-refractivity contribution in [3.63, 3.8) is 0 Å². The molecular formula is C31H36N2O6. The van der Waals surface area contributed by atoms with Crippen molar-refractivity contribution >= 4 is 23.5 Å². The van der Waals surface area contributed by atoms with Crippen molar-refractivity contribution in [2.24, 2.45) is 11.8 Å². The van der Waals surface area contributed by atoms with Crippen molar-refractivity contribution in [3.8, 4) is 0 Å². The van der Waals surface area contributed by atoms with Crippen LogP contribution < -0.4 is 4.90 Å². The second-order valence-corrected chi connectivity index (χ2v) is 10.7. The Kier molecular flexibility index (Phi) is 7.35. The lowest BCUT2D eigenvalue weighted by atomic mass is 9.70. The van der Waals surface area contributed by atoms with Crippen molar-refractivity contribution in [1.82, 2.24) is 4.90 Å². The van der Waals surface area contributed by atoms with E-state index in [1.54, 1.807) is 17.9 Å². The van der Waals surface area contributed by atoms with Gasteiger partial charge in [0.15, 0.2) is 0 Å².